The third kappa shape index (κ3) is 3.90. The summed E-state index contributed by atoms with van der Waals surface area (Å²) in [5, 5.41) is 0. The van der Waals surface area contributed by atoms with Gasteiger partial charge in [-0.05, 0) is 36.2 Å². The van der Waals surface area contributed by atoms with Crippen molar-refractivity contribution in [3.63, 3.8) is 0 Å². The van der Waals surface area contributed by atoms with Crippen LogP contribution in [0.1, 0.15) is 11.5 Å². The molecule has 3 rings (SSSR count). The number of pyridine rings is 1. The molecule has 2 heterocycles. The third-order valence-electron chi connectivity index (χ3n) is 2.94. The van der Waals surface area contributed by atoms with Gasteiger partial charge in [0, 0.05) is 6.92 Å². The summed E-state index contributed by atoms with van der Waals surface area (Å²) in [6.45, 7) is 3.67. The second-order valence-electron chi connectivity index (χ2n) is 4.81. The molecule has 6 nitrogen and oxygen atoms in total. The van der Waals surface area contributed by atoms with Gasteiger partial charge in [0.15, 0.2) is 0 Å². The zero-order valence-corrected chi connectivity index (χ0v) is 13.3. The van der Waals surface area contributed by atoms with Crippen LogP contribution in [0.2, 0.25) is 0 Å². The van der Waals surface area contributed by atoms with Gasteiger partial charge in [-0.15, -0.1) is 0 Å². The topological polar surface area (TPSA) is 87.1 Å². The average molecular weight is 320 g/mol. The standard InChI is InChI=1S/C8H9N2O.C7H8O3S/c1-6-9-8-7(11-6)4-3-5-10(8)2;1-6-2-4-7(5-3-6)11(8,9)10/h3-5H,1-2H3;2-5H,1H3,(H,8,9,10)/q+1;/p-1. The van der Waals surface area contributed by atoms with Crippen LogP contribution in [0.3, 0.4) is 0 Å². The van der Waals surface area contributed by atoms with Crippen molar-refractivity contribution in [1.29, 1.82) is 0 Å². The quantitative estimate of drug-likeness (QED) is 0.504. The first-order valence-corrected chi connectivity index (χ1v) is 7.92. The van der Waals surface area contributed by atoms with Crippen LogP contribution in [-0.4, -0.2) is 18.0 Å². The van der Waals surface area contributed by atoms with Crippen LogP contribution in [0.5, 0.6) is 0 Å². The molecule has 0 saturated heterocycles. The minimum atomic E-state index is -4.27. The number of fused-ring (bicyclic) bond motifs is 1. The maximum absolute atomic E-state index is 10.4. The molecule has 3 aromatic rings. The average Bonchev–Trinajstić information content (AvgIpc) is 2.81. The van der Waals surface area contributed by atoms with E-state index >= 15 is 0 Å². The predicted molar refractivity (Wildman–Crippen MR) is 79.1 cm³/mol. The molecular formula is C15H16N2O4S. The first-order valence-electron chi connectivity index (χ1n) is 6.52. The molecule has 0 spiro atoms. The molecular weight excluding hydrogens is 304 g/mol. The van der Waals surface area contributed by atoms with Crippen molar-refractivity contribution in [3.8, 4) is 0 Å². The molecule has 0 bridgehead atoms. The number of rotatable bonds is 1. The van der Waals surface area contributed by atoms with Crippen molar-refractivity contribution in [1.82, 2.24) is 4.98 Å². The van der Waals surface area contributed by atoms with E-state index in [1.165, 1.54) is 12.1 Å². The Balaban J connectivity index is 0.000000160. The fraction of sp³-hybridized carbons (Fsp3) is 0.200. The van der Waals surface area contributed by atoms with E-state index in [2.05, 4.69) is 4.98 Å². The summed E-state index contributed by atoms with van der Waals surface area (Å²) in [6, 6.07) is 9.63. The highest BCUT2D eigenvalue weighted by molar-refractivity contribution is 7.85. The normalized spacial score (nSPS) is 11.1. The molecule has 0 fully saturated rings. The molecule has 0 aliphatic heterocycles. The van der Waals surface area contributed by atoms with Crippen molar-refractivity contribution < 1.29 is 22.0 Å². The molecule has 0 aliphatic carbocycles. The molecule has 7 heteroatoms. The van der Waals surface area contributed by atoms with Gasteiger partial charge in [0.25, 0.3) is 0 Å². The zero-order valence-electron chi connectivity index (χ0n) is 12.5. The minimum absolute atomic E-state index is 0.178. The number of oxazole rings is 1. The maximum Gasteiger partial charge on any atom is 0.369 e. The largest absolute Gasteiger partial charge is 0.744 e. The Kier molecular flexibility index (Phi) is 4.58. The van der Waals surface area contributed by atoms with E-state index in [4.69, 9.17) is 4.42 Å². The van der Waals surface area contributed by atoms with Crippen LogP contribution < -0.4 is 4.57 Å². The Bertz CT molecular complexity index is 884. The van der Waals surface area contributed by atoms with Crippen molar-refractivity contribution in [2.45, 2.75) is 18.7 Å². The molecule has 0 amide bonds. The summed E-state index contributed by atoms with van der Waals surface area (Å²) in [5.41, 5.74) is 2.66. The van der Waals surface area contributed by atoms with Crippen molar-refractivity contribution in [3.05, 3.63) is 54.0 Å². The Labute approximate surface area is 128 Å². The Morgan fingerprint density at radius 2 is 1.77 bits per heavy atom. The van der Waals surface area contributed by atoms with Crippen LogP contribution in [-0.2, 0) is 17.2 Å². The van der Waals surface area contributed by atoms with E-state index in [9.17, 15) is 13.0 Å². The van der Waals surface area contributed by atoms with Crippen LogP contribution in [0.25, 0.3) is 11.2 Å². The van der Waals surface area contributed by atoms with Gasteiger partial charge in [-0.2, -0.15) is 0 Å². The molecule has 22 heavy (non-hydrogen) atoms. The van der Waals surface area contributed by atoms with Crippen molar-refractivity contribution >= 4 is 21.3 Å². The van der Waals surface area contributed by atoms with Gasteiger partial charge in [0.2, 0.25) is 5.58 Å². The summed E-state index contributed by atoms with van der Waals surface area (Å²) in [7, 11) is -2.32. The highest BCUT2D eigenvalue weighted by Gasteiger charge is 2.11. The number of benzene rings is 1. The molecule has 0 radical (unpaired) electrons. The SMILES string of the molecule is Cc1ccc(S(=O)(=O)[O-])cc1.Cc1nc2c(ccc[n+]2C)o1. The summed E-state index contributed by atoms with van der Waals surface area (Å²) >= 11 is 0. The van der Waals surface area contributed by atoms with Crippen LogP contribution in [0, 0.1) is 13.8 Å². The number of hydrogen-bond acceptors (Lipinski definition) is 5. The van der Waals surface area contributed by atoms with Crippen LogP contribution in [0.15, 0.2) is 51.9 Å². The van der Waals surface area contributed by atoms with Gasteiger partial charge in [0.1, 0.15) is 10.1 Å². The fourth-order valence-electron chi connectivity index (χ4n) is 1.83. The first kappa shape index (κ1) is 16.1. The van der Waals surface area contributed by atoms with Gasteiger partial charge in [-0.25, -0.2) is 13.0 Å². The third-order valence-corrected chi connectivity index (χ3v) is 3.79. The van der Waals surface area contributed by atoms with Gasteiger partial charge in [-0.1, -0.05) is 17.7 Å². The van der Waals surface area contributed by atoms with Gasteiger partial charge >= 0.3 is 11.5 Å². The predicted octanol–water partition coefficient (Wildman–Crippen LogP) is 1.86. The maximum atomic E-state index is 10.4. The summed E-state index contributed by atoms with van der Waals surface area (Å²) in [6.07, 6.45) is 1.95. The van der Waals surface area contributed by atoms with Crippen LogP contribution in [0.4, 0.5) is 0 Å². The Morgan fingerprint density at radius 3 is 2.32 bits per heavy atom. The zero-order chi connectivity index (χ0) is 16.3. The minimum Gasteiger partial charge on any atom is -0.744 e. The molecule has 0 unspecified atom stereocenters. The number of nitrogens with zero attached hydrogens (tertiary/aromatic N) is 2. The van der Waals surface area contributed by atoms with Gasteiger partial charge in [0.05, 0.1) is 18.1 Å². The summed E-state index contributed by atoms with van der Waals surface area (Å²) in [4.78, 5) is 4.03. The van der Waals surface area contributed by atoms with Crippen molar-refractivity contribution in [2.75, 3.05) is 0 Å². The molecule has 0 N–H and O–H groups in total. The van der Waals surface area contributed by atoms with E-state index in [0.717, 1.165) is 16.8 Å². The van der Waals surface area contributed by atoms with E-state index in [1.807, 2.05) is 43.8 Å². The summed E-state index contributed by atoms with van der Waals surface area (Å²) < 4.78 is 38.4. The highest BCUT2D eigenvalue weighted by Crippen LogP contribution is 2.09. The first-order chi connectivity index (χ1) is 10.3. The lowest BCUT2D eigenvalue weighted by atomic mass is 10.2. The molecule has 2 aromatic heterocycles. The Morgan fingerprint density at radius 1 is 1.14 bits per heavy atom. The fourth-order valence-corrected chi connectivity index (χ4v) is 2.30. The monoisotopic (exact) mass is 320 g/mol. The highest BCUT2D eigenvalue weighted by atomic mass is 32.2. The molecule has 0 atom stereocenters. The molecule has 116 valence electrons. The number of aromatic nitrogens is 2. The number of hydrogen-bond donors (Lipinski definition) is 0. The smallest absolute Gasteiger partial charge is 0.369 e. The van der Waals surface area contributed by atoms with Gasteiger partial charge < -0.3 is 8.97 Å². The number of aryl methyl sites for hydroxylation is 3. The second-order valence-corrected chi connectivity index (χ2v) is 6.19. The van der Waals surface area contributed by atoms with E-state index < -0.39 is 10.1 Å². The van der Waals surface area contributed by atoms with Gasteiger partial charge in [-0.3, -0.25) is 0 Å². The molecule has 0 aliphatic rings. The molecule has 1 aromatic carbocycles. The lowest BCUT2D eigenvalue weighted by Gasteiger charge is -2.05. The van der Waals surface area contributed by atoms with E-state index in [-0.39, 0.29) is 4.90 Å². The lowest BCUT2D eigenvalue weighted by Crippen LogP contribution is -2.27. The van der Waals surface area contributed by atoms with Crippen molar-refractivity contribution in [2.24, 2.45) is 7.05 Å². The second kappa shape index (κ2) is 6.25. The molecule has 0 saturated carbocycles. The van der Waals surface area contributed by atoms with E-state index in [0.29, 0.717) is 5.89 Å². The lowest BCUT2D eigenvalue weighted by molar-refractivity contribution is -0.646. The summed E-state index contributed by atoms with van der Waals surface area (Å²) in [5.74, 6) is 0.710. The Hall–Kier alpha value is -2.25. The van der Waals surface area contributed by atoms with Crippen LogP contribution >= 0.6 is 0 Å². The van der Waals surface area contributed by atoms with E-state index in [1.54, 1.807) is 12.1 Å².